The Hall–Kier alpha value is -0.820. The van der Waals surface area contributed by atoms with E-state index in [1.165, 1.54) is 51.6 Å². The molecule has 1 heterocycles. The van der Waals surface area contributed by atoms with Crippen LogP contribution in [-0.2, 0) is 0 Å². The lowest BCUT2D eigenvalue weighted by atomic mass is 9.68. The molecule has 3 rings (SSSR count). The summed E-state index contributed by atoms with van der Waals surface area (Å²) in [7, 11) is 0. The molecule has 0 bridgehead atoms. The Morgan fingerprint density at radius 1 is 0.727 bits per heavy atom. The topological polar surface area (TPSA) is 12.0 Å². The fourth-order valence-electron chi connectivity index (χ4n) is 4.49. The molecule has 0 radical (unpaired) electrons. The second-order valence-corrected chi connectivity index (χ2v) is 8.61. The summed E-state index contributed by atoms with van der Waals surface area (Å²) in [6.45, 7) is 9.59. The third kappa shape index (κ3) is 3.74. The zero-order valence-corrected chi connectivity index (χ0v) is 14.7. The van der Waals surface area contributed by atoms with Crippen LogP contribution in [0.5, 0.6) is 0 Å². The van der Waals surface area contributed by atoms with Gasteiger partial charge in [0.1, 0.15) is 0 Å². The quantitative estimate of drug-likeness (QED) is 0.763. The van der Waals surface area contributed by atoms with Crippen molar-refractivity contribution in [3.63, 3.8) is 0 Å². The van der Waals surface area contributed by atoms with Gasteiger partial charge in [0.15, 0.2) is 0 Å². The van der Waals surface area contributed by atoms with Crippen molar-refractivity contribution in [3.05, 3.63) is 35.4 Å². The molecule has 1 saturated heterocycles. The summed E-state index contributed by atoms with van der Waals surface area (Å²) in [5.74, 6) is 2.50. The van der Waals surface area contributed by atoms with E-state index in [2.05, 4.69) is 50.4 Å². The second-order valence-electron chi connectivity index (χ2n) is 8.61. The smallest absolute Gasteiger partial charge is 0.00431 e. The van der Waals surface area contributed by atoms with Crippen LogP contribution in [0, 0.1) is 11.3 Å². The standard InChI is InChI=1S/C21H33N/c1-21(2,3)20-10-8-18(9-11-20)16-4-6-17(7-5-16)19-12-14-22-15-13-19/h4-7,18-20,22H,8-15H2,1-3H3. The van der Waals surface area contributed by atoms with Gasteiger partial charge >= 0.3 is 0 Å². The van der Waals surface area contributed by atoms with Crippen LogP contribution in [0.25, 0.3) is 0 Å². The first kappa shape index (κ1) is 16.1. The summed E-state index contributed by atoms with van der Waals surface area (Å²) in [5.41, 5.74) is 3.64. The lowest BCUT2D eigenvalue weighted by molar-refractivity contribution is 0.169. The molecule has 1 heteroatoms. The van der Waals surface area contributed by atoms with Crippen molar-refractivity contribution in [3.8, 4) is 0 Å². The van der Waals surface area contributed by atoms with Crippen molar-refractivity contribution in [1.29, 1.82) is 0 Å². The Morgan fingerprint density at radius 2 is 1.18 bits per heavy atom. The molecule has 1 aliphatic carbocycles. The predicted molar refractivity (Wildman–Crippen MR) is 95.4 cm³/mol. The molecule has 2 fully saturated rings. The Bertz CT molecular complexity index is 454. The number of hydrogen-bond donors (Lipinski definition) is 1. The van der Waals surface area contributed by atoms with Gasteiger partial charge in [-0.25, -0.2) is 0 Å². The molecular formula is C21H33N. The van der Waals surface area contributed by atoms with Crippen molar-refractivity contribution in [2.45, 2.75) is 71.1 Å². The van der Waals surface area contributed by atoms with Crippen LogP contribution < -0.4 is 5.32 Å². The number of hydrogen-bond acceptors (Lipinski definition) is 1. The molecule has 1 aromatic carbocycles. The summed E-state index contributed by atoms with van der Waals surface area (Å²) in [6, 6.07) is 9.70. The third-order valence-electron chi connectivity index (χ3n) is 6.17. The minimum absolute atomic E-state index is 0.490. The second kappa shape index (κ2) is 6.74. The zero-order valence-electron chi connectivity index (χ0n) is 14.7. The van der Waals surface area contributed by atoms with Crippen LogP contribution in [0.15, 0.2) is 24.3 Å². The molecule has 0 atom stereocenters. The van der Waals surface area contributed by atoms with E-state index < -0.39 is 0 Å². The Kier molecular flexibility index (Phi) is 4.92. The molecule has 1 N–H and O–H groups in total. The number of rotatable bonds is 2. The maximum atomic E-state index is 3.46. The molecule has 1 saturated carbocycles. The molecule has 1 aliphatic heterocycles. The first-order chi connectivity index (χ1) is 10.5. The average Bonchev–Trinajstić information content (AvgIpc) is 2.55. The predicted octanol–water partition coefficient (Wildman–Crippen LogP) is 5.47. The normalized spacial score (nSPS) is 27.8. The van der Waals surface area contributed by atoms with E-state index in [0.29, 0.717) is 5.41 Å². The van der Waals surface area contributed by atoms with Crippen LogP contribution in [0.4, 0.5) is 0 Å². The minimum Gasteiger partial charge on any atom is -0.317 e. The highest BCUT2D eigenvalue weighted by Crippen LogP contribution is 2.43. The van der Waals surface area contributed by atoms with Crippen molar-refractivity contribution in [2.75, 3.05) is 13.1 Å². The van der Waals surface area contributed by atoms with E-state index in [-0.39, 0.29) is 0 Å². The first-order valence-corrected chi connectivity index (χ1v) is 9.34. The van der Waals surface area contributed by atoms with E-state index in [1.54, 1.807) is 11.1 Å². The van der Waals surface area contributed by atoms with Gasteiger partial charge in [-0.1, -0.05) is 45.0 Å². The molecule has 0 spiro atoms. The van der Waals surface area contributed by atoms with Gasteiger partial charge in [0.2, 0.25) is 0 Å². The Morgan fingerprint density at radius 3 is 1.64 bits per heavy atom. The molecule has 0 amide bonds. The fraction of sp³-hybridized carbons (Fsp3) is 0.714. The van der Waals surface area contributed by atoms with E-state index in [1.807, 2.05) is 0 Å². The largest absolute Gasteiger partial charge is 0.317 e. The number of nitrogens with one attached hydrogen (secondary N) is 1. The van der Waals surface area contributed by atoms with Crippen LogP contribution in [0.3, 0.4) is 0 Å². The van der Waals surface area contributed by atoms with Crippen LogP contribution in [0.1, 0.15) is 82.3 Å². The molecule has 1 nitrogen and oxygen atoms in total. The highest BCUT2D eigenvalue weighted by Gasteiger charge is 2.30. The maximum absolute atomic E-state index is 3.46. The number of piperidine rings is 1. The SMILES string of the molecule is CC(C)(C)C1CCC(c2ccc(C3CCNCC3)cc2)CC1. The van der Waals surface area contributed by atoms with Crippen LogP contribution in [0.2, 0.25) is 0 Å². The summed E-state index contributed by atoms with van der Waals surface area (Å²) in [4.78, 5) is 0. The van der Waals surface area contributed by atoms with Crippen LogP contribution in [-0.4, -0.2) is 13.1 Å². The van der Waals surface area contributed by atoms with Gasteiger partial charge in [0.05, 0.1) is 0 Å². The highest BCUT2D eigenvalue weighted by atomic mass is 14.9. The van der Waals surface area contributed by atoms with Crippen LogP contribution >= 0.6 is 0 Å². The molecule has 0 aromatic heterocycles. The molecule has 2 aliphatic rings. The summed E-state index contributed by atoms with van der Waals surface area (Å²) in [6.07, 6.45) is 8.18. The lowest BCUT2D eigenvalue weighted by Gasteiger charge is -2.37. The molecule has 1 aromatic rings. The lowest BCUT2D eigenvalue weighted by Crippen LogP contribution is -2.26. The van der Waals surface area contributed by atoms with E-state index in [4.69, 9.17) is 0 Å². The summed E-state index contributed by atoms with van der Waals surface area (Å²) in [5, 5.41) is 3.46. The molecule has 22 heavy (non-hydrogen) atoms. The Labute approximate surface area is 136 Å². The third-order valence-corrected chi connectivity index (χ3v) is 6.17. The molecular weight excluding hydrogens is 266 g/mol. The van der Waals surface area contributed by atoms with Gasteiger partial charge in [-0.3, -0.25) is 0 Å². The van der Waals surface area contributed by atoms with Crippen molar-refractivity contribution >= 4 is 0 Å². The van der Waals surface area contributed by atoms with Gasteiger partial charge in [0.25, 0.3) is 0 Å². The van der Waals surface area contributed by atoms with Gasteiger partial charge in [0, 0.05) is 0 Å². The molecule has 0 unspecified atom stereocenters. The van der Waals surface area contributed by atoms with Crippen molar-refractivity contribution in [2.24, 2.45) is 11.3 Å². The Balaban J connectivity index is 1.59. The summed E-state index contributed by atoms with van der Waals surface area (Å²) < 4.78 is 0. The van der Waals surface area contributed by atoms with Gasteiger partial charge in [-0.15, -0.1) is 0 Å². The summed E-state index contributed by atoms with van der Waals surface area (Å²) >= 11 is 0. The van der Waals surface area contributed by atoms with Gasteiger partial charge < -0.3 is 5.32 Å². The van der Waals surface area contributed by atoms with Crippen molar-refractivity contribution in [1.82, 2.24) is 5.32 Å². The minimum atomic E-state index is 0.490. The fourth-order valence-corrected chi connectivity index (χ4v) is 4.49. The van der Waals surface area contributed by atoms with E-state index in [0.717, 1.165) is 17.8 Å². The monoisotopic (exact) mass is 299 g/mol. The average molecular weight is 300 g/mol. The van der Waals surface area contributed by atoms with Gasteiger partial charge in [-0.2, -0.15) is 0 Å². The maximum Gasteiger partial charge on any atom is -0.00431 e. The van der Waals surface area contributed by atoms with E-state index in [9.17, 15) is 0 Å². The zero-order chi connectivity index (χ0) is 15.6. The van der Waals surface area contributed by atoms with Gasteiger partial charge in [-0.05, 0) is 85.9 Å². The number of benzene rings is 1. The van der Waals surface area contributed by atoms with E-state index >= 15 is 0 Å². The first-order valence-electron chi connectivity index (χ1n) is 9.34. The molecule has 122 valence electrons. The van der Waals surface area contributed by atoms with Crippen molar-refractivity contribution < 1.29 is 0 Å². The highest BCUT2D eigenvalue weighted by molar-refractivity contribution is 5.28.